The molecular weight excluding hydrogens is 176 g/mol. The summed E-state index contributed by atoms with van der Waals surface area (Å²) in [4.78, 5) is 0. The van der Waals surface area contributed by atoms with Gasteiger partial charge < -0.3 is 9.84 Å². The third-order valence-electron chi connectivity index (χ3n) is 2.61. The van der Waals surface area contributed by atoms with E-state index in [1.54, 1.807) is 0 Å². The van der Waals surface area contributed by atoms with E-state index in [2.05, 4.69) is 31.2 Å². The number of rotatable bonds is 4. The molecule has 2 unspecified atom stereocenters. The number of aliphatic hydroxyl groups is 1. The van der Waals surface area contributed by atoms with Crippen LogP contribution >= 0.6 is 0 Å². The molecule has 14 heavy (non-hydrogen) atoms. The van der Waals surface area contributed by atoms with Crippen LogP contribution in [0.2, 0.25) is 0 Å². The first-order valence-corrected chi connectivity index (χ1v) is 5.20. The van der Waals surface area contributed by atoms with E-state index in [0.29, 0.717) is 0 Å². The van der Waals surface area contributed by atoms with Crippen LogP contribution in [0.25, 0.3) is 0 Å². The molecule has 1 saturated heterocycles. The van der Waals surface area contributed by atoms with Crippen molar-refractivity contribution in [2.75, 3.05) is 6.61 Å². The Balaban J connectivity index is 2.00. The van der Waals surface area contributed by atoms with Gasteiger partial charge in [-0.25, -0.2) is 0 Å². The van der Waals surface area contributed by atoms with Gasteiger partial charge in [0.25, 0.3) is 0 Å². The van der Waals surface area contributed by atoms with Crippen LogP contribution in [0.15, 0.2) is 24.3 Å². The number of ether oxygens (including phenoxy) is 1. The second-order valence-electron chi connectivity index (χ2n) is 3.77. The second-order valence-corrected chi connectivity index (χ2v) is 3.77. The minimum Gasteiger partial charge on any atom is -0.394 e. The number of hydrogen-bond donors (Lipinski definition) is 1. The van der Waals surface area contributed by atoms with E-state index in [1.165, 1.54) is 17.5 Å². The standard InChI is InChI=1S/C12H16O2/c1-2-3-9-4-6-10(7-5-9)12-11(8-13)14-12/h4-7,11-13H,2-3,8H2,1H3. The highest BCUT2D eigenvalue weighted by molar-refractivity contribution is 5.27. The summed E-state index contributed by atoms with van der Waals surface area (Å²) in [7, 11) is 0. The fourth-order valence-electron chi connectivity index (χ4n) is 1.74. The van der Waals surface area contributed by atoms with Gasteiger partial charge in [0.05, 0.1) is 6.61 Å². The molecule has 0 bridgehead atoms. The zero-order valence-electron chi connectivity index (χ0n) is 8.44. The Morgan fingerprint density at radius 1 is 1.29 bits per heavy atom. The molecule has 0 aromatic heterocycles. The Kier molecular flexibility index (Phi) is 2.85. The average Bonchev–Trinajstić information content (AvgIpc) is 2.99. The van der Waals surface area contributed by atoms with E-state index >= 15 is 0 Å². The van der Waals surface area contributed by atoms with E-state index in [4.69, 9.17) is 9.84 Å². The predicted molar refractivity (Wildman–Crippen MR) is 55.1 cm³/mol. The van der Waals surface area contributed by atoms with Crippen molar-refractivity contribution in [3.05, 3.63) is 35.4 Å². The first-order chi connectivity index (χ1) is 6.85. The Hall–Kier alpha value is -0.860. The van der Waals surface area contributed by atoms with Crippen LogP contribution in [-0.4, -0.2) is 17.8 Å². The zero-order chi connectivity index (χ0) is 9.97. The van der Waals surface area contributed by atoms with Crippen LogP contribution < -0.4 is 0 Å². The molecule has 2 nitrogen and oxygen atoms in total. The maximum absolute atomic E-state index is 8.85. The molecule has 1 aliphatic heterocycles. The lowest BCUT2D eigenvalue weighted by molar-refractivity contribution is 0.242. The molecule has 1 aromatic carbocycles. The van der Waals surface area contributed by atoms with E-state index in [9.17, 15) is 0 Å². The summed E-state index contributed by atoms with van der Waals surface area (Å²) in [5.41, 5.74) is 2.56. The second kappa shape index (κ2) is 4.11. The summed E-state index contributed by atoms with van der Waals surface area (Å²) in [5, 5.41) is 8.85. The van der Waals surface area contributed by atoms with Gasteiger partial charge in [0.15, 0.2) is 0 Å². The molecule has 1 aliphatic rings. The highest BCUT2D eigenvalue weighted by atomic mass is 16.6. The van der Waals surface area contributed by atoms with Crippen molar-refractivity contribution in [2.24, 2.45) is 0 Å². The van der Waals surface area contributed by atoms with Crippen molar-refractivity contribution in [3.8, 4) is 0 Å². The molecule has 1 heterocycles. The lowest BCUT2D eigenvalue weighted by Gasteiger charge is -2.00. The summed E-state index contributed by atoms with van der Waals surface area (Å²) in [6, 6.07) is 8.50. The highest BCUT2D eigenvalue weighted by Gasteiger charge is 2.39. The summed E-state index contributed by atoms with van der Waals surface area (Å²) < 4.78 is 5.30. The summed E-state index contributed by atoms with van der Waals surface area (Å²) in [5.74, 6) is 0. The maximum atomic E-state index is 8.85. The molecule has 0 saturated carbocycles. The molecule has 0 spiro atoms. The van der Waals surface area contributed by atoms with Gasteiger partial charge in [0.2, 0.25) is 0 Å². The fraction of sp³-hybridized carbons (Fsp3) is 0.500. The Labute approximate surface area is 84.5 Å². The molecule has 2 heteroatoms. The van der Waals surface area contributed by atoms with Crippen LogP contribution in [0.4, 0.5) is 0 Å². The lowest BCUT2D eigenvalue weighted by Crippen LogP contribution is -1.94. The average molecular weight is 192 g/mol. The Morgan fingerprint density at radius 3 is 2.50 bits per heavy atom. The number of hydrogen-bond acceptors (Lipinski definition) is 2. The number of aliphatic hydroxyl groups excluding tert-OH is 1. The van der Waals surface area contributed by atoms with Crippen LogP contribution in [0, 0.1) is 0 Å². The van der Waals surface area contributed by atoms with Gasteiger partial charge >= 0.3 is 0 Å². The minimum atomic E-state index is 0.0343. The van der Waals surface area contributed by atoms with E-state index in [0.717, 1.165) is 6.42 Å². The first kappa shape index (κ1) is 9.69. The normalized spacial score (nSPS) is 25.0. The molecular formula is C12H16O2. The third-order valence-corrected chi connectivity index (χ3v) is 2.61. The summed E-state index contributed by atoms with van der Waals surface area (Å²) in [6.45, 7) is 2.31. The van der Waals surface area contributed by atoms with Crippen molar-refractivity contribution < 1.29 is 9.84 Å². The smallest absolute Gasteiger partial charge is 0.112 e. The molecule has 2 rings (SSSR count). The van der Waals surface area contributed by atoms with Crippen molar-refractivity contribution in [1.82, 2.24) is 0 Å². The van der Waals surface area contributed by atoms with Gasteiger partial charge in [0.1, 0.15) is 12.2 Å². The van der Waals surface area contributed by atoms with Gasteiger partial charge in [0, 0.05) is 0 Å². The lowest BCUT2D eigenvalue weighted by atomic mass is 10.1. The summed E-state index contributed by atoms with van der Waals surface area (Å²) >= 11 is 0. The first-order valence-electron chi connectivity index (χ1n) is 5.20. The predicted octanol–water partition coefficient (Wildman–Crippen LogP) is 2.07. The molecule has 1 N–H and O–H groups in total. The largest absolute Gasteiger partial charge is 0.394 e. The van der Waals surface area contributed by atoms with Crippen molar-refractivity contribution in [3.63, 3.8) is 0 Å². The number of aryl methyl sites for hydroxylation is 1. The molecule has 2 atom stereocenters. The molecule has 0 amide bonds. The van der Waals surface area contributed by atoms with Crippen LogP contribution in [0.3, 0.4) is 0 Å². The summed E-state index contributed by atoms with van der Waals surface area (Å²) in [6.07, 6.45) is 2.48. The van der Waals surface area contributed by atoms with Crippen LogP contribution in [0.5, 0.6) is 0 Å². The van der Waals surface area contributed by atoms with Crippen LogP contribution in [-0.2, 0) is 11.2 Å². The van der Waals surface area contributed by atoms with Gasteiger partial charge in [-0.15, -0.1) is 0 Å². The van der Waals surface area contributed by atoms with Crippen molar-refractivity contribution >= 4 is 0 Å². The van der Waals surface area contributed by atoms with Crippen LogP contribution in [0.1, 0.15) is 30.6 Å². The molecule has 0 radical (unpaired) electrons. The molecule has 1 fully saturated rings. The Morgan fingerprint density at radius 2 is 2.00 bits per heavy atom. The SMILES string of the molecule is CCCc1ccc(C2OC2CO)cc1. The quantitative estimate of drug-likeness (QED) is 0.741. The minimum absolute atomic E-state index is 0.0343. The monoisotopic (exact) mass is 192 g/mol. The molecule has 76 valence electrons. The van der Waals surface area contributed by atoms with E-state index in [1.807, 2.05) is 0 Å². The van der Waals surface area contributed by atoms with Gasteiger partial charge in [-0.2, -0.15) is 0 Å². The molecule has 1 aromatic rings. The van der Waals surface area contributed by atoms with Crippen molar-refractivity contribution in [1.29, 1.82) is 0 Å². The Bertz CT molecular complexity index is 292. The number of epoxide rings is 1. The van der Waals surface area contributed by atoms with Gasteiger partial charge in [-0.1, -0.05) is 37.6 Å². The number of benzene rings is 1. The van der Waals surface area contributed by atoms with E-state index in [-0.39, 0.29) is 18.8 Å². The maximum Gasteiger partial charge on any atom is 0.112 e. The highest BCUT2D eigenvalue weighted by Crippen LogP contribution is 2.38. The zero-order valence-corrected chi connectivity index (χ0v) is 8.44. The van der Waals surface area contributed by atoms with Gasteiger partial charge in [-0.3, -0.25) is 0 Å². The van der Waals surface area contributed by atoms with Gasteiger partial charge in [-0.05, 0) is 17.5 Å². The van der Waals surface area contributed by atoms with E-state index < -0.39 is 0 Å². The fourth-order valence-corrected chi connectivity index (χ4v) is 1.74. The van der Waals surface area contributed by atoms with Crippen molar-refractivity contribution in [2.45, 2.75) is 32.0 Å². The third kappa shape index (κ3) is 1.97. The molecule has 0 aliphatic carbocycles. The topological polar surface area (TPSA) is 32.8 Å².